The maximum absolute atomic E-state index is 12.1. The van der Waals surface area contributed by atoms with Crippen LogP contribution < -0.4 is 16.0 Å². The number of fused-ring (bicyclic) bond motifs is 1. The van der Waals surface area contributed by atoms with Gasteiger partial charge in [0.15, 0.2) is 5.13 Å². The Morgan fingerprint density at radius 1 is 1.21 bits per heavy atom. The molecular weight excluding hydrogens is 408 g/mol. The molecule has 4 rings (SSSR count). The number of hydrogen-bond donors (Lipinski definition) is 4. The molecule has 0 radical (unpaired) electrons. The first-order valence-corrected chi connectivity index (χ1v) is 11.4. The molecule has 0 aliphatic heterocycles. The average Bonchev–Trinajstić information content (AvgIpc) is 3.37. The molecule has 10 heteroatoms. The first-order valence-electron chi connectivity index (χ1n) is 9.75. The molecule has 4 N–H and O–H groups in total. The molecule has 1 fully saturated rings. The summed E-state index contributed by atoms with van der Waals surface area (Å²) in [6.45, 7) is 0.988. The van der Waals surface area contributed by atoms with Gasteiger partial charge in [-0.15, -0.1) is 22.7 Å². The van der Waals surface area contributed by atoms with Crippen LogP contribution in [-0.4, -0.2) is 44.8 Å². The van der Waals surface area contributed by atoms with E-state index in [2.05, 4.69) is 30.9 Å². The minimum Gasteiger partial charge on any atom is -0.388 e. The molecule has 1 aliphatic rings. The summed E-state index contributed by atoms with van der Waals surface area (Å²) >= 11 is 3.06. The van der Waals surface area contributed by atoms with Crippen LogP contribution in [0.15, 0.2) is 24.0 Å². The van der Waals surface area contributed by atoms with E-state index in [4.69, 9.17) is 0 Å². The van der Waals surface area contributed by atoms with Crippen LogP contribution in [0.25, 0.3) is 10.2 Å². The van der Waals surface area contributed by atoms with Crippen LogP contribution in [0.1, 0.15) is 37.0 Å². The number of carbonyl (C=O) groups is 1. The third-order valence-corrected chi connectivity index (χ3v) is 6.93. The number of aliphatic hydroxyl groups is 1. The molecule has 0 aromatic carbocycles. The standard InChI is InChI=1S/C19H24N6O2S2/c26-17(22-11-19(27)6-2-1-3-7-19)25-18-21-10-13(29-18)4-8-20-16-15-14(5-9-28-15)23-12-24-16/h5,9-10,12,27H,1-4,6-8,11H2,(H,20,23,24)(H2,21,22,25,26). The second-order valence-corrected chi connectivity index (χ2v) is 9.29. The lowest BCUT2D eigenvalue weighted by Crippen LogP contribution is -2.45. The number of aromatic nitrogens is 3. The molecule has 3 heterocycles. The Labute approximate surface area is 176 Å². The number of carbonyl (C=O) groups excluding carboxylic acids is 1. The van der Waals surface area contributed by atoms with Crippen LogP contribution >= 0.6 is 22.7 Å². The van der Waals surface area contributed by atoms with E-state index in [1.807, 2.05) is 11.4 Å². The Bertz CT molecular complexity index is 966. The summed E-state index contributed by atoms with van der Waals surface area (Å²) in [5.41, 5.74) is 0.172. The summed E-state index contributed by atoms with van der Waals surface area (Å²) in [5.74, 6) is 0.841. The smallest absolute Gasteiger partial charge is 0.321 e. The van der Waals surface area contributed by atoms with Gasteiger partial charge < -0.3 is 15.7 Å². The van der Waals surface area contributed by atoms with Crippen molar-refractivity contribution in [2.24, 2.45) is 0 Å². The van der Waals surface area contributed by atoms with Crippen molar-refractivity contribution in [3.8, 4) is 0 Å². The minimum absolute atomic E-state index is 0.275. The van der Waals surface area contributed by atoms with E-state index in [-0.39, 0.29) is 12.6 Å². The fraction of sp³-hybridized carbons (Fsp3) is 0.474. The molecule has 0 saturated heterocycles. The normalized spacial score (nSPS) is 15.9. The zero-order chi connectivity index (χ0) is 20.1. The minimum atomic E-state index is -0.774. The average molecular weight is 433 g/mol. The molecule has 1 aliphatic carbocycles. The molecule has 3 aromatic heterocycles. The molecule has 1 saturated carbocycles. The van der Waals surface area contributed by atoms with Crippen molar-refractivity contribution in [2.75, 3.05) is 23.7 Å². The Morgan fingerprint density at radius 3 is 2.93 bits per heavy atom. The molecule has 0 atom stereocenters. The van der Waals surface area contributed by atoms with Gasteiger partial charge in [0.1, 0.15) is 12.1 Å². The molecule has 8 nitrogen and oxygen atoms in total. The van der Waals surface area contributed by atoms with Crippen molar-refractivity contribution in [1.29, 1.82) is 0 Å². The van der Waals surface area contributed by atoms with E-state index < -0.39 is 5.60 Å². The molecular formula is C19H24N6O2S2. The Hall–Kier alpha value is -2.30. The number of amides is 2. The number of thiophene rings is 1. The van der Waals surface area contributed by atoms with E-state index >= 15 is 0 Å². The van der Waals surface area contributed by atoms with Gasteiger partial charge in [0.2, 0.25) is 0 Å². The maximum Gasteiger partial charge on any atom is 0.321 e. The monoisotopic (exact) mass is 432 g/mol. The van der Waals surface area contributed by atoms with Gasteiger partial charge in [-0.1, -0.05) is 19.3 Å². The van der Waals surface area contributed by atoms with Crippen LogP contribution in [-0.2, 0) is 6.42 Å². The third-order valence-electron chi connectivity index (χ3n) is 5.04. The summed E-state index contributed by atoms with van der Waals surface area (Å²) in [6.07, 6.45) is 8.77. The molecule has 29 heavy (non-hydrogen) atoms. The highest BCUT2D eigenvalue weighted by Crippen LogP contribution is 2.27. The summed E-state index contributed by atoms with van der Waals surface area (Å²) in [5, 5.41) is 21.9. The number of rotatable bonds is 7. The number of thiazole rings is 1. The fourth-order valence-electron chi connectivity index (χ4n) is 3.47. The molecule has 154 valence electrons. The van der Waals surface area contributed by atoms with E-state index in [0.717, 1.165) is 59.4 Å². The molecule has 0 unspecified atom stereocenters. The van der Waals surface area contributed by atoms with Gasteiger partial charge in [-0.05, 0) is 24.3 Å². The van der Waals surface area contributed by atoms with E-state index in [0.29, 0.717) is 11.7 Å². The van der Waals surface area contributed by atoms with Crippen molar-refractivity contribution in [3.05, 3.63) is 28.8 Å². The lowest BCUT2D eigenvalue weighted by atomic mass is 9.85. The van der Waals surface area contributed by atoms with Crippen LogP contribution in [0.3, 0.4) is 0 Å². The first kappa shape index (κ1) is 20.0. The fourth-order valence-corrected chi connectivity index (χ4v) is 5.09. The predicted molar refractivity (Wildman–Crippen MR) is 117 cm³/mol. The third kappa shape index (κ3) is 5.20. The van der Waals surface area contributed by atoms with Gasteiger partial charge in [-0.25, -0.2) is 19.7 Å². The second-order valence-electron chi connectivity index (χ2n) is 7.26. The van der Waals surface area contributed by atoms with Crippen LogP contribution in [0.2, 0.25) is 0 Å². The van der Waals surface area contributed by atoms with Gasteiger partial charge in [0.05, 0.1) is 15.8 Å². The number of anilines is 2. The van der Waals surface area contributed by atoms with E-state index in [9.17, 15) is 9.90 Å². The van der Waals surface area contributed by atoms with Crippen LogP contribution in [0, 0.1) is 0 Å². The summed E-state index contributed by atoms with van der Waals surface area (Å²) < 4.78 is 1.05. The molecule has 3 aromatic rings. The molecule has 0 spiro atoms. The first-order chi connectivity index (χ1) is 14.1. The number of nitrogens with one attached hydrogen (secondary N) is 3. The van der Waals surface area contributed by atoms with Crippen molar-refractivity contribution >= 4 is 49.9 Å². The highest BCUT2D eigenvalue weighted by molar-refractivity contribution is 7.17. The van der Waals surface area contributed by atoms with Crippen molar-refractivity contribution in [3.63, 3.8) is 0 Å². The second kappa shape index (κ2) is 9.02. The number of urea groups is 1. The van der Waals surface area contributed by atoms with Crippen LogP contribution in [0.5, 0.6) is 0 Å². The highest BCUT2D eigenvalue weighted by Gasteiger charge is 2.29. The number of hydrogen-bond acceptors (Lipinski definition) is 8. The topological polar surface area (TPSA) is 112 Å². The Balaban J connectivity index is 1.23. The summed E-state index contributed by atoms with van der Waals surface area (Å²) in [4.78, 5) is 26.0. The van der Waals surface area contributed by atoms with Crippen molar-refractivity contribution in [1.82, 2.24) is 20.3 Å². The van der Waals surface area contributed by atoms with E-state index in [1.54, 1.807) is 23.9 Å². The Morgan fingerprint density at radius 2 is 2.07 bits per heavy atom. The summed E-state index contributed by atoms with van der Waals surface area (Å²) in [7, 11) is 0. The lowest BCUT2D eigenvalue weighted by Gasteiger charge is -2.31. The highest BCUT2D eigenvalue weighted by atomic mass is 32.1. The van der Waals surface area contributed by atoms with Crippen LogP contribution in [0.4, 0.5) is 15.7 Å². The predicted octanol–water partition coefficient (Wildman–Crippen LogP) is 3.62. The Kier molecular flexibility index (Phi) is 6.22. The van der Waals surface area contributed by atoms with Crippen molar-refractivity contribution in [2.45, 2.75) is 44.1 Å². The maximum atomic E-state index is 12.1. The lowest BCUT2D eigenvalue weighted by molar-refractivity contribution is 0.00755. The quantitative estimate of drug-likeness (QED) is 0.454. The summed E-state index contributed by atoms with van der Waals surface area (Å²) in [6, 6.07) is 1.65. The van der Waals surface area contributed by atoms with Gasteiger partial charge >= 0.3 is 6.03 Å². The zero-order valence-corrected chi connectivity index (χ0v) is 17.6. The van der Waals surface area contributed by atoms with Gasteiger partial charge in [0.25, 0.3) is 0 Å². The van der Waals surface area contributed by atoms with Gasteiger partial charge in [0, 0.05) is 30.6 Å². The molecule has 2 amide bonds. The molecule has 0 bridgehead atoms. The van der Waals surface area contributed by atoms with E-state index in [1.165, 1.54) is 11.3 Å². The zero-order valence-electron chi connectivity index (χ0n) is 16.0. The SMILES string of the molecule is O=C(NCC1(O)CCCCC1)Nc1ncc(CCNc2ncnc3ccsc23)s1. The van der Waals surface area contributed by atoms with Gasteiger partial charge in [-0.3, -0.25) is 5.32 Å². The number of nitrogens with zero attached hydrogens (tertiary/aromatic N) is 3. The van der Waals surface area contributed by atoms with Crippen molar-refractivity contribution < 1.29 is 9.90 Å². The van der Waals surface area contributed by atoms with Gasteiger partial charge in [-0.2, -0.15) is 0 Å². The largest absolute Gasteiger partial charge is 0.388 e.